The minimum absolute atomic E-state index is 0.0903. The van der Waals surface area contributed by atoms with Crippen molar-refractivity contribution in [3.05, 3.63) is 65.9 Å². The summed E-state index contributed by atoms with van der Waals surface area (Å²) >= 11 is 0. The van der Waals surface area contributed by atoms with Gasteiger partial charge < -0.3 is 24.3 Å². The molecule has 0 unspecified atom stereocenters. The molecule has 0 fully saturated rings. The highest BCUT2D eigenvalue weighted by molar-refractivity contribution is 6.05. The predicted molar refractivity (Wildman–Crippen MR) is 151 cm³/mol. The van der Waals surface area contributed by atoms with Crippen molar-refractivity contribution in [2.24, 2.45) is 11.8 Å². The molecule has 0 heterocycles. The van der Waals surface area contributed by atoms with Gasteiger partial charge in [-0.2, -0.15) is 0 Å². The monoisotopic (exact) mass is 539 g/mol. The van der Waals surface area contributed by atoms with Gasteiger partial charge in [-0.25, -0.2) is 9.59 Å². The van der Waals surface area contributed by atoms with Gasteiger partial charge >= 0.3 is 11.9 Å². The maximum absolute atomic E-state index is 12.9. The smallest absolute Gasteiger partial charge is 0.374 e. The van der Waals surface area contributed by atoms with E-state index in [1.807, 2.05) is 27.7 Å². The van der Waals surface area contributed by atoms with Crippen LogP contribution in [0.1, 0.15) is 70.7 Å². The van der Waals surface area contributed by atoms with Gasteiger partial charge in [-0.15, -0.1) is 0 Å². The first-order chi connectivity index (χ1) is 18.7. The third-order valence-electron chi connectivity index (χ3n) is 5.30. The van der Waals surface area contributed by atoms with Crippen molar-refractivity contribution in [1.29, 1.82) is 0 Å². The molecule has 1 N–H and O–H groups in total. The first-order valence-corrected chi connectivity index (χ1v) is 13.6. The number of hydrogen-bond acceptors (Lipinski definition) is 7. The van der Waals surface area contributed by atoms with Gasteiger partial charge in [0.2, 0.25) is 5.76 Å². The maximum atomic E-state index is 12.9. The van der Waals surface area contributed by atoms with Gasteiger partial charge in [0.1, 0.15) is 5.75 Å². The molecule has 0 aliphatic heterocycles. The second-order valence-corrected chi connectivity index (χ2v) is 10.0. The number of rotatable bonds is 16. The third kappa shape index (κ3) is 12.1. The van der Waals surface area contributed by atoms with E-state index in [1.165, 1.54) is 12.8 Å². The molecule has 0 bridgehead atoms. The summed E-state index contributed by atoms with van der Waals surface area (Å²) < 4.78 is 22.0. The maximum Gasteiger partial charge on any atom is 0.374 e. The number of unbranched alkanes of at least 4 members (excludes halogenated alkanes) is 3. The summed E-state index contributed by atoms with van der Waals surface area (Å²) in [7, 11) is 0. The van der Waals surface area contributed by atoms with E-state index in [1.54, 1.807) is 48.5 Å². The second kappa shape index (κ2) is 16.9. The predicted octanol–water partition coefficient (Wildman–Crippen LogP) is 6.56. The van der Waals surface area contributed by atoms with Crippen molar-refractivity contribution in [2.45, 2.75) is 60.3 Å². The summed E-state index contributed by atoms with van der Waals surface area (Å²) in [5.74, 6) is -1.16. The highest BCUT2D eigenvalue weighted by atomic mass is 16.6. The molecule has 0 aromatic heterocycles. The SMILES string of the molecule is CCCCCCOc1ccc(C(=O)Nc2ccccc2O/C(=C/C(=O)OCC(C)C)C(=O)OCC(C)C)cc1. The molecule has 0 saturated heterocycles. The van der Waals surface area contributed by atoms with Crippen LogP contribution in [0.5, 0.6) is 11.5 Å². The van der Waals surface area contributed by atoms with E-state index in [0.717, 1.165) is 18.9 Å². The molecule has 39 heavy (non-hydrogen) atoms. The minimum atomic E-state index is -0.809. The van der Waals surface area contributed by atoms with Crippen LogP contribution in [0.15, 0.2) is 60.4 Å². The zero-order valence-corrected chi connectivity index (χ0v) is 23.7. The number of ether oxygens (including phenoxy) is 4. The number of anilines is 1. The fourth-order valence-corrected chi connectivity index (χ4v) is 3.23. The average molecular weight is 540 g/mol. The Kier molecular flexibility index (Phi) is 13.6. The van der Waals surface area contributed by atoms with Crippen LogP contribution in [-0.4, -0.2) is 37.7 Å². The molecule has 0 radical (unpaired) electrons. The van der Waals surface area contributed by atoms with Crippen LogP contribution in [0, 0.1) is 11.8 Å². The van der Waals surface area contributed by atoms with Crippen molar-refractivity contribution < 1.29 is 33.3 Å². The second-order valence-electron chi connectivity index (χ2n) is 10.0. The van der Waals surface area contributed by atoms with Gasteiger partial charge in [0.25, 0.3) is 5.91 Å². The van der Waals surface area contributed by atoms with Crippen molar-refractivity contribution in [1.82, 2.24) is 0 Å². The molecule has 0 aliphatic carbocycles. The Bertz CT molecular complexity index is 1090. The molecule has 0 aliphatic rings. The molecule has 212 valence electrons. The Morgan fingerprint density at radius 2 is 1.51 bits per heavy atom. The molecule has 0 spiro atoms. The molecule has 8 nitrogen and oxygen atoms in total. The van der Waals surface area contributed by atoms with Gasteiger partial charge in [0, 0.05) is 5.56 Å². The zero-order valence-electron chi connectivity index (χ0n) is 23.7. The van der Waals surface area contributed by atoms with E-state index in [4.69, 9.17) is 18.9 Å². The lowest BCUT2D eigenvalue weighted by Gasteiger charge is -2.15. The minimum Gasteiger partial charge on any atom is -0.494 e. The van der Waals surface area contributed by atoms with Crippen LogP contribution in [0.4, 0.5) is 5.69 Å². The molecular formula is C31H41NO7. The van der Waals surface area contributed by atoms with Crippen molar-refractivity contribution in [2.75, 3.05) is 25.1 Å². The molecule has 0 saturated carbocycles. The Morgan fingerprint density at radius 3 is 2.18 bits per heavy atom. The van der Waals surface area contributed by atoms with Crippen LogP contribution in [-0.2, 0) is 19.1 Å². The van der Waals surface area contributed by atoms with Crippen LogP contribution in [0.2, 0.25) is 0 Å². The lowest BCUT2D eigenvalue weighted by atomic mass is 10.2. The number of amides is 1. The van der Waals surface area contributed by atoms with Gasteiger partial charge in [-0.3, -0.25) is 4.79 Å². The molecular weight excluding hydrogens is 498 g/mol. The van der Waals surface area contributed by atoms with Crippen LogP contribution in [0.3, 0.4) is 0 Å². The Labute approximate surface area is 231 Å². The summed E-state index contributed by atoms with van der Waals surface area (Å²) in [6.07, 6.45) is 5.44. The number of para-hydroxylation sites is 2. The Morgan fingerprint density at radius 1 is 0.846 bits per heavy atom. The highest BCUT2D eigenvalue weighted by Gasteiger charge is 2.20. The van der Waals surface area contributed by atoms with E-state index in [2.05, 4.69) is 12.2 Å². The Balaban J connectivity index is 2.13. The summed E-state index contributed by atoms with van der Waals surface area (Å²) in [6.45, 7) is 10.7. The fourth-order valence-electron chi connectivity index (χ4n) is 3.23. The topological polar surface area (TPSA) is 100 Å². The van der Waals surface area contributed by atoms with E-state index >= 15 is 0 Å². The molecule has 2 rings (SSSR count). The van der Waals surface area contributed by atoms with Crippen molar-refractivity contribution >= 4 is 23.5 Å². The summed E-state index contributed by atoms with van der Waals surface area (Å²) in [6, 6.07) is 13.5. The van der Waals surface area contributed by atoms with E-state index < -0.39 is 11.9 Å². The van der Waals surface area contributed by atoms with Crippen LogP contribution >= 0.6 is 0 Å². The third-order valence-corrected chi connectivity index (χ3v) is 5.30. The normalized spacial score (nSPS) is 11.3. The number of nitrogens with one attached hydrogen (secondary N) is 1. The lowest BCUT2D eigenvalue weighted by Crippen LogP contribution is -2.19. The van der Waals surface area contributed by atoms with Crippen molar-refractivity contribution in [3.63, 3.8) is 0 Å². The van der Waals surface area contributed by atoms with E-state index in [0.29, 0.717) is 23.6 Å². The standard InChI is InChI=1S/C31H41NO7/c1-6-7-8-11-18-36-25-16-14-24(15-17-25)30(34)32-26-12-9-10-13-27(26)39-28(31(35)38-21-23(4)5)19-29(33)37-20-22(2)3/h9-10,12-17,19,22-23H,6-8,11,18,20-21H2,1-5H3,(H,32,34)/b28-19+. The molecule has 2 aromatic rings. The number of benzene rings is 2. The molecule has 8 heteroatoms. The summed E-state index contributed by atoms with van der Waals surface area (Å²) in [5, 5.41) is 2.80. The van der Waals surface area contributed by atoms with Gasteiger partial charge in [-0.1, -0.05) is 66.0 Å². The first kappa shape index (κ1) is 31.4. The molecule has 2 aromatic carbocycles. The Hall–Kier alpha value is -3.81. The summed E-state index contributed by atoms with van der Waals surface area (Å²) in [5.41, 5.74) is 0.740. The average Bonchev–Trinajstić information content (AvgIpc) is 2.91. The number of carbonyl (C=O) groups is 3. The molecule has 0 atom stereocenters. The molecule has 1 amide bonds. The lowest BCUT2D eigenvalue weighted by molar-refractivity contribution is -0.144. The van der Waals surface area contributed by atoms with Crippen LogP contribution in [0.25, 0.3) is 0 Å². The van der Waals surface area contributed by atoms with E-state index in [9.17, 15) is 14.4 Å². The summed E-state index contributed by atoms with van der Waals surface area (Å²) in [4.78, 5) is 38.0. The van der Waals surface area contributed by atoms with Crippen molar-refractivity contribution in [3.8, 4) is 11.5 Å². The van der Waals surface area contributed by atoms with Crippen LogP contribution < -0.4 is 14.8 Å². The van der Waals surface area contributed by atoms with Gasteiger partial charge in [0.15, 0.2) is 5.75 Å². The van der Waals surface area contributed by atoms with E-state index in [-0.39, 0.29) is 42.5 Å². The highest BCUT2D eigenvalue weighted by Crippen LogP contribution is 2.27. The number of hydrogen-bond donors (Lipinski definition) is 1. The van der Waals surface area contributed by atoms with Gasteiger partial charge in [-0.05, 0) is 54.7 Å². The van der Waals surface area contributed by atoms with Gasteiger partial charge in [0.05, 0.1) is 31.6 Å². The number of esters is 2. The fraction of sp³-hybridized carbons (Fsp3) is 0.452. The zero-order chi connectivity index (χ0) is 28.6. The quantitative estimate of drug-likeness (QED) is 0.112. The largest absolute Gasteiger partial charge is 0.494 e. The number of carbonyl (C=O) groups excluding carboxylic acids is 3. The first-order valence-electron chi connectivity index (χ1n) is 13.6.